The Balaban J connectivity index is 1.73. The molecule has 0 saturated carbocycles. The first-order valence-corrected chi connectivity index (χ1v) is 7.38. The van der Waals surface area contributed by atoms with Crippen LogP contribution in [0.5, 0.6) is 17.2 Å². The molecule has 5 heteroatoms. The van der Waals surface area contributed by atoms with Crippen molar-refractivity contribution in [2.45, 2.75) is 6.54 Å². The average molecular weight is 308 g/mol. The van der Waals surface area contributed by atoms with Crippen LogP contribution in [-0.4, -0.2) is 23.7 Å². The lowest BCUT2D eigenvalue weighted by molar-refractivity contribution is 0.174. The first-order valence-electron chi connectivity index (χ1n) is 7.38. The first-order chi connectivity index (χ1) is 11.3. The smallest absolute Gasteiger partial charge is 0.231 e. The van der Waals surface area contributed by atoms with Gasteiger partial charge in [0.1, 0.15) is 5.75 Å². The van der Waals surface area contributed by atoms with Gasteiger partial charge in [-0.1, -0.05) is 12.1 Å². The third-order valence-corrected chi connectivity index (χ3v) is 3.85. The van der Waals surface area contributed by atoms with Crippen molar-refractivity contribution in [1.82, 2.24) is 9.78 Å². The van der Waals surface area contributed by atoms with E-state index in [1.54, 1.807) is 13.3 Å². The summed E-state index contributed by atoms with van der Waals surface area (Å²) in [7, 11) is 1.68. The molecule has 0 N–H and O–H groups in total. The summed E-state index contributed by atoms with van der Waals surface area (Å²) in [6.45, 7) is 0.990. The fourth-order valence-electron chi connectivity index (χ4n) is 2.72. The summed E-state index contributed by atoms with van der Waals surface area (Å²) >= 11 is 0. The van der Waals surface area contributed by atoms with Crippen molar-refractivity contribution in [2.24, 2.45) is 0 Å². The average Bonchev–Trinajstić information content (AvgIpc) is 3.25. The van der Waals surface area contributed by atoms with Gasteiger partial charge in [0, 0.05) is 18.0 Å². The minimum absolute atomic E-state index is 0.273. The number of hydrogen-bond donors (Lipinski definition) is 0. The van der Waals surface area contributed by atoms with E-state index >= 15 is 0 Å². The van der Waals surface area contributed by atoms with Gasteiger partial charge in [-0.2, -0.15) is 5.10 Å². The molecule has 2 aromatic carbocycles. The van der Waals surface area contributed by atoms with E-state index in [1.165, 1.54) is 0 Å². The highest BCUT2D eigenvalue weighted by Gasteiger charge is 2.16. The van der Waals surface area contributed by atoms with Crippen LogP contribution in [0.25, 0.3) is 11.1 Å². The number of nitrogens with zero attached hydrogens (tertiary/aromatic N) is 2. The second-order valence-corrected chi connectivity index (χ2v) is 5.31. The van der Waals surface area contributed by atoms with E-state index in [0.717, 1.165) is 33.9 Å². The molecule has 1 aliphatic heterocycles. The van der Waals surface area contributed by atoms with Gasteiger partial charge in [-0.05, 0) is 41.5 Å². The molecule has 0 atom stereocenters. The molecule has 0 spiro atoms. The standard InChI is InChI=1S/C18H16N2O3/c1-21-16-5-3-13(11-20-8-2-7-19-20)9-15(16)14-4-6-17-18(10-14)23-12-22-17/h2-10H,11-12H2,1H3. The molecule has 1 aromatic heterocycles. The fourth-order valence-corrected chi connectivity index (χ4v) is 2.72. The van der Waals surface area contributed by atoms with E-state index in [1.807, 2.05) is 41.2 Å². The predicted molar refractivity (Wildman–Crippen MR) is 85.9 cm³/mol. The highest BCUT2D eigenvalue weighted by Crippen LogP contribution is 2.39. The molecule has 2 heterocycles. The van der Waals surface area contributed by atoms with E-state index < -0.39 is 0 Å². The monoisotopic (exact) mass is 308 g/mol. The van der Waals surface area contributed by atoms with Crippen LogP contribution in [0, 0.1) is 0 Å². The summed E-state index contributed by atoms with van der Waals surface area (Å²) in [6, 6.07) is 14.0. The largest absolute Gasteiger partial charge is 0.496 e. The van der Waals surface area contributed by atoms with E-state index in [0.29, 0.717) is 6.54 Å². The maximum atomic E-state index is 5.51. The lowest BCUT2D eigenvalue weighted by Gasteiger charge is -2.12. The van der Waals surface area contributed by atoms with Crippen molar-refractivity contribution in [3.8, 4) is 28.4 Å². The number of aromatic nitrogens is 2. The molecule has 0 radical (unpaired) electrons. The van der Waals surface area contributed by atoms with Crippen LogP contribution in [0.4, 0.5) is 0 Å². The normalized spacial score (nSPS) is 12.4. The van der Waals surface area contributed by atoms with Crippen molar-refractivity contribution in [3.05, 3.63) is 60.4 Å². The van der Waals surface area contributed by atoms with Gasteiger partial charge in [-0.15, -0.1) is 0 Å². The van der Waals surface area contributed by atoms with E-state index in [-0.39, 0.29) is 6.79 Å². The Labute approximate surface area is 134 Å². The molecule has 4 rings (SSSR count). The summed E-state index contributed by atoms with van der Waals surface area (Å²) in [4.78, 5) is 0. The van der Waals surface area contributed by atoms with Crippen molar-refractivity contribution < 1.29 is 14.2 Å². The van der Waals surface area contributed by atoms with E-state index in [4.69, 9.17) is 14.2 Å². The zero-order valence-corrected chi connectivity index (χ0v) is 12.7. The Hall–Kier alpha value is -2.95. The summed E-state index contributed by atoms with van der Waals surface area (Å²) in [5, 5.41) is 4.25. The molecule has 0 fully saturated rings. The quantitative estimate of drug-likeness (QED) is 0.741. The van der Waals surface area contributed by atoms with Crippen molar-refractivity contribution in [1.29, 1.82) is 0 Å². The molecule has 0 bridgehead atoms. The van der Waals surface area contributed by atoms with Crippen LogP contribution in [0.1, 0.15) is 5.56 Å². The Kier molecular flexibility index (Phi) is 3.38. The summed E-state index contributed by atoms with van der Waals surface area (Å²) in [6.07, 6.45) is 3.73. The zero-order chi connectivity index (χ0) is 15.6. The maximum Gasteiger partial charge on any atom is 0.231 e. The van der Waals surface area contributed by atoms with Gasteiger partial charge in [-0.3, -0.25) is 4.68 Å². The molecular weight excluding hydrogens is 292 g/mol. The number of fused-ring (bicyclic) bond motifs is 1. The number of benzene rings is 2. The minimum atomic E-state index is 0.273. The lowest BCUT2D eigenvalue weighted by Crippen LogP contribution is -2.00. The van der Waals surface area contributed by atoms with E-state index in [9.17, 15) is 0 Å². The van der Waals surface area contributed by atoms with Gasteiger partial charge in [0.05, 0.1) is 13.7 Å². The Bertz CT molecular complexity index is 828. The van der Waals surface area contributed by atoms with Crippen LogP contribution in [0.15, 0.2) is 54.9 Å². The second kappa shape index (κ2) is 5.68. The predicted octanol–water partition coefficient (Wildman–Crippen LogP) is 3.34. The summed E-state index contributed by atoms with van der Waals surface area (Å²) in [5.74, 6) is 2.37. The van der Waals surface area contributed by atoms with Gasteiger partial charge in [0.25, 0.3) is 0 Å². The molecule has 5 nitrogen and oxygen atoms in total. The number of methoxy groups -OCH3 is 1. The highest BCUT2D eigenvalue weighted by atomic mass is 16.7. The van der Waals surface area contributed by atoms with Crippen molar-refractivity contribution in [2.75, 3.05) is 13.9 Å². The van der Waals surface area contributed by atoms with Gasteiger partial charge in [0.15, 0.2) is 11.5 Å². The van der Waals surface area contributed by atoms with Crippen LogP contribution in [0.3, 0.4) is 0 Å². The van der Waals surface area contributed by atoms with E-state index in [2.05, 4.69) is 17.2 Å². The molecule has 0 saturated heterocycles. The summed E-state index contributed by atoms with van der Waals surface area (Å²) in [5.41, 5.74) is 3.21. The van der Waals surface area contributed by atoms with Crippen molar-refractivity contribution in [3.63, 3.8) is 0 Å². The molecule has 0 aliphatic carbocycles. The lowest BCUT2D eigenvalue weighted by atomic mass is 10.0. The van der Waals surface area contributed by atoms with Crippen LogP contribution in [-0.2, 0) is 6.54 Å². The third-order valence-electron chi connectivity index (χ3n) is 3.85. The molecule has 1 aliphatic rings. The van der Waals surface area contributed by atoms with Crippen LogP contribution >= 0.6 is 0 Å². The molecule has 3 aromatic rings. The molecule has 0 amide bonds. The molecule has 116 valence electrons. The number of ether oxygens (including phenoxy) is 3. The first kappa shape index (κ1) is 13.7. The Morgan fingerprint density at radius 2 is 2.04 bits per heavy atom. The molecule has 0 unspecified atom stereocenters. The molecular formula is C18H16N2O3. The van der Waals surface area contributed by atoms with Gasteiger partial charge >= 0.3 is 0 Å². The second-order valence-electron chi connectivity index (χ2n) is 5.31. The third kappa shape index (κ3) is 2.61. The fraction of sp³-hybridized carbons (Fsp3) is 0.167. The van der Waals surface area contributed by atoms with Gasteiger partial charge in [0.2, 0.25) is 6.79 Å². The van der Waals surface area contributed by atoms with Crippen molar-refractivity contribution >= 4 is 0 Å². The zero-order valence-electron chi connectivity index (χ0n) is 12.7. The summed E-state index contributed by atoms with van der Waals surface area (Å²) < 4.78 is 18.3. The Morgan fingerprint density at radius 3 is 2.87 bits per heavy atom. The SMILES string of the molecule is COc1ccc(Cn2cccn2)cc1-c1ccc2c(c1)OCO2. The van der Waals surface area contributed by atoms with Gasteiger partial charge < -0.3 is 14.2 Å². The van der Waals surface area contributed by atoms with Crippen LogP contribution in [0.2, 0.25) is 0 Å². The Morgan fingerprint density at radius 1 is 1.13 bits per heavy atom. The maximum absolute atomic E-state index is 5.51. The minimum Gasteiger partial charge on any atom is -0.496 e. The number of hydrogen-bond acceptors (Lipinski definition) is 4. The highest BCUT2D eigenvalue weighted by molar-refractivity contribution is 5.73. The van der Waals surface area contributed by atoms with Crippen LogP contribution < -0.4 is 14.2 Å². The number of rotatable bonds is 4. The molecule has 23 heavy (non-hydrogen) atoms. The van der Waals surface area contributed by atoms with Gasteiger partial charge in [-0.25, -0.2) is 0 Å². The topological polar surface area (TPSA) is 45.5 Å².